The number of carbonyl (C=O) groups excluding carboxylic acids is 2. The van der Waals surface area contributed by atoms with Crippen molar-refractivity contribution in [1.82, 2.24) is 19.6 Å². The Morgan fingerprint density at radius 2 is 1.74 bits per heavy atom. The van der Waals surface area contributed by atoms with Crippen LogP contribution in [0.5, 0.6) is 0 Å². The highest BCUT2D eigenvalue weighted by Gasteiger charge is 2.33. The molecule has 2 atom stereocenters. The van der Waals surface area contributed by atoms with Crippen molar-refractivity contribution < 1.29 is 14.3 Å². The number of nitrogens with zero attached hydrogens (tertiary/aromatic N) is 4. The molecule has 0 bridgehead atoms. The summed E-state index contributed by atoms with van der Waals surface area (Å²) in [6.45, 7) is 9.16. The number of fused-ring (bicyclic) bond motifs is 1. The number of hydrogen-bond donors (Lipinski definition) is 0. The van der Waals surface area contributed by atoms with Gasteiger partial charge in [-0.25, -0.2) is 0 Å². The molecule has 2 saturated heterocycles. The highest BCUT2D eigenvalue weighted by atomic mass is 16.5. The van der Waals surface area contributed by atoms with Crippen molar-refractivity contribution in [2.75, 3.05) is 26.2 Å². The molecule has 5 rings (SSSR count). The van der Waals surface area contributed by atoms with Crippen molar-refractivity contribution in [2.45, 2.75) is 84.0 Å². The Morgan fingerprint density at radius 3 is 2.46 bits per heavy atom. The van der Waals surface area contributed by atoms with Crippen molar-refractivity contribution in [3.63, 3.8) is 0 Å². The van der Waals surface area contributed by atoms with Gasteiger partial charge in [-0.05, 0) is 69.4 Å². The minimum atomic E-state index is -0.0215. The van der Waals surface area contributed by atoms with E-state index in [-0.39, 0.29) is 30.6 Å². The van der Waals surface area contributed by atoms with Crippen LogP contribution in [0.4, 0.5) is 0 Å². The molecule has 2 aliphatic heterocycles. The van der Waals surface area contributed by atoms with E-state index in [1.807, 2.05) is 28.3 Å². The summed E-state index contributed by atoms with van der Waals surface area (Å²) in [5.41, 5.74) is 5.53. The predicted octanol–water partition coefficient (Wildman–Crippen LogP) is 3.59. The molecule has 7 nitrogen and oxygen atoms in total. The van der Waals surface area contributed by atoms with Crippen molar-refractivity contribution >= 4 is 11.8 Å². The summed E-state index contributed by atoms with van der Waals surface area (Å²) in [7, 11) is 0. The number of likely N-dealkylation sites (tertiary alicyclic amines) is 1. The molecule has 2 amide bonds. The molecule has 2 fully saturated rings. The summed E-state index contributed by atoms with van der Waals surface area (Å²) in [6, 6.07) is 8.72. The topological polar surface area (TPSA) is 67.7 Å². The molecule has 188 valence electrons. The Bertz CT molecular complexity index is 1080. The van der Waals surface area contributed by atoms with Gasteiger partial charge in [0, 0.05) is 37.4 Å². The molecule has 0 unspecified atom stereocenters. The van der Waals surface area contributed by atoms with Crippen LogP contribution in [0.25, 0.3) is 0 Å². The maximum absolute atomic E-state index is 13.4. The fourth-order valence-corrected chi connectivity index (χ4v) is 6.23. The minimum absolute atomic E-state index is 0.0200. The lowest BCUT2D eigenvalue weighted by molar-refractivity contribution is -0.133. The molecule has 0 radical (unpaired) electrons. The molecule has 0 spiro atoms. The SMILES string of the molecule is CCc1ccccc1C1CCN(C(=O)Cn2nc(C(=O)N3C[C@@H](C)O[C@@H](C)C3)c3c2CCC3)CC1. The average molecular weight is 479 g/mol. The van der Waals surface area contributed by atoms with Gasteiger partial charge in [0.15, 0.2) is 5.69 Å². The summed E-state index contributed by atoms with van der Waals surface area (Å²) >= 11 is 0. The molecule has 0 N–H and O–H groups in total. The number of ether oxygens (including phenoxy) is 1. The molecule has 0 saturated carbocycles. The van der Waals surface area contributed by atoms with Gasteiger partial charge in [-0.2, -0.15) is 5.10 Å². The molecule has 3 aliphatic rings. The van der Waals surface area contributed by atoms with Crippen molar-refractivity contribution in [3.8, 4) is 0 Å². The molecular weight excluding hydrogens is 440 g/mol. The number of hydrogen-bond acceptors (Lipinski definition) is 4. The normalized spacial score (nSPS) is 22.9. The van der Waals surface area contributed by atoms with Gasteiger partial charge >= 0.3 is 0 Å². The van der Waals surface area contributed by atoms with Crippen molar-refractivity contribution in [2.24, 2.45) is 0 Å². The van der Waals surface area contributed by atoms with Crippen LogP contribution in [0.2, 0.25) is 0 Å². The molecule has 3 heterocycles. The average Bonchev–Trinajstić information content (AvgIpc) is 3.47. The number of piperidine rings is 1. The third-order valence-electron chi connectivity index (χ3n) is 7.92. The number of aromatic nitrogens is 2. The third kappa shape index (κ3) is 4.88. The molecule has 7 heteroatoms. The molecule has 1 aromatic heterocycles. The molecule has 1 aliphatic carbocycles. The first-order chi connectivity index (χ1) is 16.9. The van der Waals surface area contributed by atoms with Crippen LogP contribution in [-0.2, 0) is 35.3 Å². The lowest BCUT2D eigenvalue weighted by Gasteiger charge is -2.35. The summed E-state index contributed by atoms with van der Waals surface area (Å²) < 4.78 is 7.62. The van der Waals surface area contributed by atoms with Crippen LogP contribution in [-0.4, -0.2) is 69.8 Å². The Hall–Kier alpha value is -2.67. The van der Waals surface area contributed by atoms with Gasteiger partial charge in [0.1, 0.15) is 6.54 Å². The van der Waals surface area contributed by atoms with Crippen LogP contribution in [0, 0.1) is 0 Å². The van der Waals surface area contributed by atoms with Gasteiger partial charge in [0.05, 0.1) is 12.2 Å². The Labute approximate surface area is 208 Å². The fourth-order valence-electron chi connectivity index (χ4n) is 6.23. The highest BCUT2D eigenvalue weighted by molar-refractivity contribution is 5.94. The van der Waals surface area contributed by atoms with Gasteiger partial charge in [-0.15, -0.1) is 0 Å². The quantitative estimate of drug-likeness (QED) is 0.659. The lowest BCUT2D eigenvalue weighted by Crippen LogP contribution is -2.48. The van der Waals surface area contributed by atoms with E-state index in [9.17, 15) is 9.59 Å². The first-order valence-corrected chi connectivity index (χ1v) is 13.3. The van der Waals surface area contributed by atoms with E-state index < -0.39 is 0 Å². The van der Waals surface area contributed by atoms with Gasteiger partial charge < -0.3 is 14.5 Å². The van der Waals surface area contributed by atoms with Gasteiger partial charge in [0.25, 0.3) is 5.91 Å². The number of aryl methyl sites for hydroxylation is 1. The van der Waals surface area contributed by atoms with Crippen molar-refractivity contribution in [1.29, 1.82) is 0 Å². The highest BCUT2D eigenvalue weighted by Crippen LogP contribution is 2.31. The van der Waals surface area contributed by atoms with Crippen LogP contribution < -0.4 is 0 Å². The first kappa shape index (κ1) is 24.0. The van der Waals surface area contributed by atoms with Gasteiger partial charge in [-0.1, -0.05) is 31.2 Å². The number of amides is 2. The number of carbonyl (C=O) groups is 2. The second-order valence-electron chi connectivity index (χ2n) is 10.5. The summed E-state index contributed by atoms with van der Waals surface area (Å²) in [5.74, 6) is 0.607. The van der Waals surface area contributed by atoms with E-state index in [2.05, 4.69) is 31.2 Å². The van der Waals surface area contributed by atoms with Gasteiger partial charge in [0.2, 0.25) is 5.91 Å². The number of benzene rings is 1. The summed E-state index contributed by atoms with van der Waals surface area (Å²) in [4.78, 5) is 30.5. The fraction of sp³-hybridized carbons (Fsp3) is 0.607. The Kier molecular flexibility index (Phi) is 6.96. The van der Waals surface area contributed by atoms with E-state index in [4.69, 9.17) is 9.84 Å². The maximum Gasteiger partial charge on any atom is 0.274 e. The van der Waals surface area contributed by atoms with E-state index in [0.717, 1.165) is 62.9 Å². The smallest absolute Gasteiger partial charge is 0.274 e. The first-order valence-electron chi connectivity index (χ1n) is 13.3. The third-order valence-corrected chi connectivity index (χ3v) is 7.92. The largest absolute Gasteiger partial charge is 0.372 e. The predicted molar refractivity (Wildman–Crippen MR) is 135 cm³/mol. The zero-order valence-electron chi connectivity index (χ0n) is 21.3. The molecule has 2 aromatic rings. The van der Waals surface area contributed by atoms with Crippen LogP contribution in [0.3, 0.4) is 0 Å². The Balaban J connectivity index is 1.25. The van der Waals surface area contributed by atoms with Crippen molar-refractivity contribution in [3.05, 3.63) is 52.3 Å². The maximum atomic E-state index is 13.4. The van der Waals surface area contributed by atoms with E-state index in [0.29, 0.717) is 24.7 Å². The molecular formula is C28H38N4O3. The molecule has 1 aromatic carbocycles. The molecule has 35 heavy (non-hydrogen) atoms. The van der Waals surface area contributed by atoms with E-state index in [1.165, 1.54) is 11.1 Å². The number of morpholine rings is 1. The monoisotopic (exact) mass is 478 g/mol. The van der Waals surface area contributed by atoms with Crippen LogP contribution in [0.15, 0.2) is 24.3 Å². The van der Waals surface area contributed by atoms with Gasteiger partial charge in [-0.3, -0.25) is 14.3 Å². The summed E-state index contributed by atoms with van der Waals surface area (Å²) in [6.07, 6.45) is 5.84. The van der Waals surface area contributed by atoms with E-state index in [1.54, 1.807) is 0 Å². The minimum Gasteiger partial charge on any atom is -0.372 e. The van der Waals surface area contributed by atoms with E-state index >= 15 is 0 Å². The standard InChI is InChI=1S/C28H38N4O3/c1-4-21-8-5-6-9-23(21)22-12-14-30(15-13-22)26(33)18-32-25-11-7-10-24(25)27(29-32)28(34)31-16-19(2)35-20(3)17-31/h5-6,8-9,19-20,22H,4,7,10-18H2,1-3H3/t19-,20+. The Morgan fingerprint density at radius 1 is 1.03 bits per heavy atom. The lowest BCUT2D eigenvalue weighted by atomic mass is 9.86. The van der Waals surface area contributed by atoms with Crippen LogP contribution in [0.1, 0.15) is 78.8 Å². The number of rotatable bonds is 5. The van der Waals surface area contributed by atoms with Crippen LogP contribution >= 0.6 is 0 Å². The summed E-state index contributed by atoms with van der Waals surface area (Å²) in [5, 5.41) is 4.71. The zero-order chi connectivity index (χ0) is 24.5. The second-order valence-corrected chi connectivity index (χ2v) is 10.5. The zero-order valence-corrected chi connectivity index (χ0v) is 21.3. The second kappa shape index (κ2) is 10.1.